The van der Waals surface area contributed by atoms with Crippen LogP contribution in [0.5, 0.6) is 5.75 Å². The van der Waals surface area contributed by atoms with E-state index in [4.69, 9.17) is 4.74 Å². The first kappa shape index (κ1) is 23.0. The quantitative estimate of drug-likeness (QED) is 0.379. The molecule has 0 fully saturated rings. The van der Waals surface area contributed by atoms with Gasteiger partial charge in [0.1, 0.15) is 11.8 Å². The Bertz CT molecular complexity index is 1650. The van der Waals surface area contributed by atoms with Crippen LogP contribution in [0.2, 0.25) is 0 Å². The Morgan fingerprint density at radius 1 is 1.03 bits per heavy atom. The second-order valence-corrected chi connectivity index (χ2v) is 9.59. The first-order valence-corrected chi connectivity index (χ1v) is 12.4. The van der Waals surface area contributed by atoms with Crippen LogP contribution in [0, 0.1) is 13.8 Å². The Morgan fingerprint density at radius 3 is 2.62 bits per heavy atom. The molecule has 5 aromatic rings. The third kappa shape index (κ3) is 4.14. The summed E-state index contributed by atoms with van der Waals surface area (Å²) in [5, 5.41) is 13.8. The average Bonchev–Trinajstić information content (AvgIpc) is 3.54. The minimum Gasteiger partial charge on any atom is -0.497 e. The molecule has 1 aliphatic rings. The monoisotopic (exact) mass is 492 g/mol. The van der Waals surface area contributed by atoms with Gasteiger partial charge in [0, 0.05) is 23.3 Å². The van der Waals surface area contributed by atoms with Crippen LogP contribution in [0.3, 0.4) is 0 Å². The average molecular weight is 493 g/mol. The number of ether oxygens (including phenoxy) is 1. The SMILES string of the molecule is COc1ccc(Cn2nnnc2[C@H](c2cc3cc(C)c(C)cc3[nH]c2=O)N2CCc3ccccc32)cc1. The van der Waals surface area contributed by atoms with E-state index in [0.717, 1.165) is 46.4 Å². The van der Waals surface area contributed by atoms with Crippen LogP contribution in [0.15, 0.2) is 71.5 Å². The molecule has 0 bridgehead atoms. The van der Waals surface area contributed by atoms with Crippen molar-refractivity contribution in [3.8, 4) is 5.75 Å². The number of fused-ring (bicyclic) bond motifs is 2. The van der Waals surface area contributed by atoms with Gasteiger partial charge in [-0.25, -0.2) is 4.68 Å². The van der Waals surface area contributed by atoms with Gasteiger partial charge in [-0.2, -0.15) is 0 Å². The van der Waals surface area contributed by atoms with Gasteiger partial charge in [0.25, 0.3) is 5.56 Å². The van der Waals surface area contributed by atoms with Crippen LogP contribution in [-0.2, 0) is 13.0 Å². The van der Waals surface area contributed by atoms with E-state index >= 15 is 0 Å². The number of aryl methyl sites for hydroxylation is 2. The summed E-state index contributed by atoms with van der Waals surface area (Å²) < 4.78 is 7.09. The molecule has 2 aromatic heterocycles. The summed E-state index contributed by atoms with van der Waals surface area (Å²) in [7, 11) is 1.65. The highest BCUT2D eigenvalue weighted by Gasteiger charge is 2.34. The van der Waals surface area contributed by atoms with E-state index in [1.54, 1.807) is 11.8 Å². The van der Waals surface area contributed by atoms with Gasteiger partial charge >= 0.3 is 0 Å². The molecule has 0 amide bonds. The zero-order valence-electron chi connectivity index (χ0n) is 21.1. The standard InChI is InChI=1S/C29H28N6O2/c1-18-14-22-16-24(29(36)30-25(22)15-19(18)2)27(34-13-12-21-6-4-5-7-26(21)34)28-31-32-33-35(28)17-20-8-10-23(37-3)11-9-20/h4-11,14-16,27H,12-13,17H2,1-3H3,(H,30,36)/t27-/m0/s1. The lowest BCUT2D eigenvalue weighted by Gasteiger charge is -2.29. The van der Waals surface area contributed by atoms with E-state index in [0.29, 0.717) is 17.9 Å². The van der Waals surface area contributed by atoms with Crippen molar-refractivity contribution < 1.29 is 4.74 Å². The zero-order chi connectivity index (χ0) is 25.5. The van der Waals surface area contributed by atoms with Crippen molar-refractivity contribution in [3.05, 3.63) is 111 Å². The third-order valence-corrected chi connectivity index (χ3v) is 7.31. The first-order chi connectivity index (χ1) is 18.0. The molecule has 0 spiro atoms. The fraction of sp³-hybridized carbons (Fsp3) is 0.241. The molecule has 8 nitrogen and oxygen atoms in total. The van der Waals surface area contributed by atoms with Gasteiger partial charge in [0.05, 0.1) is 13.7 Å². The maximum Gasteiger partial charge on any atom is 0.254 e. The predicted molar refractivity (Wildman–Crippen MR) is 143 cm³/mol. The zero-order valence-corrected chi connectivity index (χ0v) is 21.1. The van der Waals surface area contributed by atoms with Crippen LogP contribution < -0.4 is 15.2 Å². The van der Waals surface area contributed by atoms with Gasteiger partial charge in [-0.3, -0.25) is 4.79 Å². The number of hydrogen-bond donors (Lipinski definition) is 1. The third-order valence-electron chi connectivity index (χ3n) is 7.31. The summed E-state index contributed by atoms with van der Waals surface area (Å²) in [6, 6.07) is 21.9. The molecule has 1 aliphatic heterocycles. The van der Waals surface area contributed by atoms with E-state index in [1.165, 1.54) is 11.1 Å². The normalized spacial score (nSPS) is 13.6. The van der Waals surface area contributed by atoms with Crippen molar-refractivity contribution in [3.63, 3.8) is 0 Å². The summed E-state index contributed by atoms with van der Waals surface area (Å²) in [6.45, 7) is 5.38. The van der Waals surface area contributed by atoms with Crippen molar-refractivity contribution in [1.29, 1.82) is 0 Å². The Balaban J connectivity index is 1.50. The van der Waals surface area contributed by atoms with Gasteiger partial charge < -0.3 is 14.6 Å². The number of H-pyrrole nitrogens is 1. The molecule has 0 radical (unpaired) electrons. The first-order valence-electron chi connectivity index (χ1n) is 12.4. The lowest BCUT2D eigenvalue weighted by Crippen LogP contribution is -2.34. The van der Waals surface area contributed by atoms with Gasteiger partial charge in [0.15, 0.2) is 5.82 Å². The van der Waals surface area contributed by atoms with Gasteiger partial charge in [-0.05, 0) is 94.7 Å². The second kappa shape index (κ2) is 9.20. The molecule has 3 aromatic carbocycles. The minimum absolute atomic E-state index is 0.135. The topological polar surface area (TPSA) is 88.9 Å². The van der Waals surface area contributed by atoms with Crippen LogP contribution in [0.1, 0.15) is 39.7 Å². The largest absolute Gasteiger partial charge is 0.497 e. The Hall–Kier alpha value is -4.46. The molecule has 186 valence electrons. The van der Waals surface area contributed by atoms with Crippen molar-refractivity contribution in [2.75, 3.05) is 18.6 Å². The van der Waals surface area contributed by atoms with Crippen LogP contribution in [-0.4, -0.2) is 38.8 Å². The fourth-order valence-corrected chi connectivity index (χ4v) is 5.20. The molecule has 0 unspecified atom stereocenters. The van der Waals surface area contributed by atoms with Crippen molar-refractivity contribution in [1.82, 2.24) is 25.2 Å². The molecule has 0 aliphatic carbocycles. The van der Waals surface area contributed by atoms with Crippen LogP contribution >= 0.6 is 0 Å². The van der Waals surface area contributed by atoms with Crippen LogP contribution in [0.25, 0.3) is 10.9 Å². The second-order valence-electron chi connectivity index (χ2n) is 9.59. The Morgan fingerprint density at radius 2 is 1.81 bits per heavy atom. The number of rotatable bonds is 6. The van der Waals surface area contributed by atoms with Crippen molar-refractivity contribution in [2.45, 2.75) is 32.9 Å². The Labute approximate surface area is 214 Å². The fourth-order valence-electron chi connectivity index (χ4n) is 5.20. The number of pyridine rings is 1. The minimum atomic E-state index is -0.452. The number of tetrazole rings is 1. The highest BCUT2D eigenvalue weighted by molar-refractivity contribution is 5.81. The molecule has 0 saturated heterocycles. The number of aromatic nitrogens is 5. The molecule has 6 rings (SSSR count). The van der Waals surface area contributed by atoms with Gasteiger partial charge in [-0.15, -0.1) is 5.10 Å². The van der Waals surface area contributed by atoms with Crippen molar-refractivity contribution >= 4 is 16.6 Å². The number of anilines is 1. The van der Waals surface area contributed by atoms with Gasteiger partial charge in [0.2, 0.25) is 0 Å². The highest BCUT2D eigenvalue weighted by atomic mass is 16.5. The van der Waals surface area contributed by atoms with Crippen molar-refractivity contribution in [2.24, 2.45) is 0 Å². The molecular formula is C29H28N6O2. The summed E-state index contributed by atoms with van der Waals surface area (Å²) in [6.07, 6.45) is 0.899. The number of aromatic amines is 1. The van der Waals surface area contributed by atoms with Crippen LogP contribution in [0.4, 0.5) is 5.69 Å². The summed E-state index contributed by atoms with van der Waals surface area (Å²) in [4.78, 5) is 19.0. The smallest absolute Gasteiger partial charge is 0.254 e. The number of benzene rings is 3. The Kier molecular flexibility index (Phi) is 5.71. The molecule has 0 saturated carbocycles. The predicted octanol–water partition coefficient (Wildman–Crippen LogP) is 4.34. The molecule has 1 atom stereocenters. The molecule has 8 heteroatoms. The molecule has 3 heterocycles. The number of methoxy groups -OCH3 is 1. The maximum absolute atomic E-state index is 13.6. The van der Waals surface area contributed by atoms with E-state index < -0.39 is 6.04 Å². The number of para-hydroxylation sites is 1. The lowest BCUT2D eigenvalue weighted by atomic mass is 10.0. The molecule has 37 heavy (non-hydrogen) atoms. The maximum atomic E-state index is 13.6. The number of nitrogens with zero attached hydrogens (tertiary/aromatic N) is 5. The highest BCUT2D eigenvalue weighted by Crippen LogP contribution is 2.37. The number of hydrogen-bond acceptors (Lipinski definition) is 6. The summed E-state index contributed by atoms with van der Waals surface area (Å²) in [5.74, 6) is 1.42. The van der Waals surface area contributed by atoms with E-state index in [9.17, 15) is 4.79 Å². The van der Waals surface area contributed by atoms with E-state index in [2.05, 4.69) is 63.5 Å². The molecular weight excluding hydrogens is 464 g/mol. The summed E-state index contributed by atoms with van der Waals surface area (Å²) >= 11 is 0. The molecule has 1 N–H and O–H groups in total. The van der Waals surface area contributed by atoms with E-state index in [1.807, 2.05) is 42.5 Å². The van der Waals surface area contributed by atoms with Gasteiger partial charge in [-0.1, -0.05) is 30.3 Å². The van der Waals surface area contributed by atoms with E-state index in [-0.39, 0.29) is 5.56 Å². The lowest BCUT2D eigenvalue weighted by molar-refractivity contribution is 0.414. The number of nitrogens with one attached hydrogen (secondary N) is 1. The summed E-state index contributed by atoms with van der Waals surface area (Å²) in [5.41, 5.74) is 7.03.